The zero-order valence-electron chi connectivity index (χ0n) is 9.17. The van der Waals surface area contributed by atoms with Crippen LogP contribution in [0, 0.1) is 0 Å². The van der Waals surface area contributed by atoms with Crippen molar-refractivity contribution >= 4 is 26.8 Å². The summed E-state index contributed by atoms with van der Waals surface area (Å²) in [6.45, 7) is 2.16. The third-order valence-corrected chi connectivity index (χ3v) is 3.68. The number of halogens is 1. The van der Waals surface area contributed by atoms with Crippen LogP contribution in [-0.4, -0.2) is 11.7 Å². The molecule has 15 heavy (non-hydrogen) atoms. The van der Waals surface area contributed by atoms with Crippen molar-refractivity contribution in [2.45, 2.75) is 13.3 Å². The van der Waals surface area contributed by atoms with Crippen LogP contribution in [-0.2, 0) is 13.5 Å². The van der Waals surface area contributed by atoms with Crippen LogP contribution in [0.2, 0.25) is 0 Å². The molecule has 2 nitrogen and oxygen atoms in total. The number of ether oxygens (including phenoxy) is 1. The lowest BCUT2D eigenvalue weighted by molar-refractivity contribution is 0.415. The Hall–Kier alpha value is -0.960. The fourth-order valence-electron chi connectivity index (χ4n) is 1.94. The van der Waals surface area contributed by atoms with E-state index in [1.54, 1.807) is 7.11 Å². The molecule has 2 aromatic rings. The van der Waals surface area contributed by atoms with Gasteiger partial charge in [-0.05, 0) is 34.5 Å². The van der Waals surface area contributed by atoms with E-state index >= 15 is 0 Å². The number of rotatable bonds is 2. The quantitative estimate of drug-likeness (QED) is 0.813. The van der Waals surface area contributed by atoms with Gasteiger partial charge in [0.25, 0.3) is 0 Å². The average Bonchev–Trinajstić information content (AvgIpc) is 2.51. The lowest BCUT2D eigenvalue weighted by Crippen LogP contribution is -1.94. The summed E-state index contributed by atoms with van der Waals surface area (Å²) in [5.74, 6) is 0.901. The summed E-state index contributed by atoms with van der Waals surface area (Å²) < 4.78 is 8.64. The number of methoxy groups -OCH3 is 1. The van der Waals surface area contributed by atoms with Gasteiger partial charge in [0.15, 0.2) is 0 Å². The Morgan fingerprint density at radius 3 is 2.73 bits per heavy atom. The van der Waals surface area contributed by atoms with Crippen LogP contribution in [0.15, 0.2) is 22.7 Å². The van der Waals surface area contributed by atoms with Crippen molar-refractivity contribution in [3.8, 4) is 5.75 Å². The molecule has 1 heterocycles. The van der Waals surface area contributed by atoms with Crippen LogP contribution in [0.5, 0.6) is 5.75 Å². The molecule has 0 saturated heterocycles. The first kappa shape index (κ1) is 10.6. The summed E-state index contributed by atoms with van der Waals surface area (Å²) in [7, 11) is 3.78. The Bertz CT molecular complexity index is 502. The normalized spacial score (nSPS) is 10.9. The van der Waals surface area contributed by atoms with Crippen LogP contribution in [0.3, 0.4) is 0 Å². The average molecular weight is 268 g/mol. The van der Waals surface area contributed by atoms with Gasteiger partial charge in [-0.1, -0.05) is 6.92 Å². The molecular formula is C12H14BrNO. The van der Waals surface area contributed by atoms with E-state index in [0.717, 1.165) is 12.2 Å². The highest BCUT2D eigenvalue weighted by Gasteiger charge is 2.11. The van der Waals surface area contributed by atoms with Crippen LogP contribution < -0.4 is 4.74 Å². The highest BCUT2D eigenvalue weighted by Crippen LogP contribution is 2.32. The second kappa shape index (κ2) is 3.89. The third-order valence-electron chi connectivity index (χ3n) is 2.80. The molecule has 1 aromatic carbocycles. The van der Waals surface area contributed by atoms with Gasteiger partial charge in [0.1, 0.15) is 5.75 Å². The monoisotopic (exact) mass is 267 g/mol. The SMILES string of the molecule is CCc1c(Br)c2ccc(OC)cc2n1C. The molecule has 1 aromatic heterocycles. The fraction of sp³-hybridized carbons (Fsp3) is 0.333. The van der Waals surface area contributed by atoms with Gasteiger partial charge in [-0.25, -0.2) is 0 Å². The Kier molecular flexibility index (Phi) is 2.74. The van der Waals surface area contributed by atoms with Crippen molar-refractivity contribution in [1.82, 2.24) is 4.57 Å². The van der Waals surface area contributed by atoms with E-state index in [2.05, 4.69) is 46.6 Å². The number of benzene rings is 1. The molecule has 0 aliphatic carbocycles. The van der Waals surface area contributed by atoms with Gasteiger partial charge < -0.3 is 9.30 Å². The zero-order valence-corrected chi connectivity index (χ0v) is 10.8. The molecule has 2 rings (SSSR count). The number of hydrogen-bond donors (Lipinski definition) is 0. The number of hydrogen-bond acceptors (Lipinski definition) is 1. The van der Waals surface area contributed by atoms with Gasteiger partial charge in [-0.2, -0.15) is 0 Å². The van der Waals surface area contributed by atoms with Crippen LogP contribution in [0.25, 0.3) is 10.9 Å². The van der Waals surface area contributed by atoms with Crippen molar-refractivity contribution in [3.63, 3.8) is 0 Å². The summed E-state index contributed by atoms with van der Waals surface area (Å²) in [5, 5.41) is 1.25. The first-order valence-corrected chi connectivity index (χ1v) is 5.79. The van der Waals surface area contributed by atoms with E-state index in [-0.39, 0.29) is 0 Å². The minimum absolute atomic E-state index is 0.901. The summed E-state index contributed by atoms with van der Waals surface area (Å²) in [6.07, 6.45) is 1.02. The Morgan fingerprint density at radius 2 is 2.13 bits per heavy atom. The molecule has 80 valence electrons. The number of fused-ring (bicyclic) bond motifs is 1. The first-order valence-electron chi connectivity index (χ1n) is 4.99. The van der Waals surface area contributed by atoms with Gasteiger partial charge in [-0.3, -0.25) is 0 Å². The third kappa shape index (κ3) is 1.55. The predicted molar refractivity (Wildman–Crippen MR) is 66.5 cm³/mol. The Balaban J connectivity index is 2.77. The highest BCUT2D eigenvalue weighted by atomic mass is 79.9. The maximum absolute atomic E-state index is 5.23. The fourth-order valence-corrected chi connectivity index (χ4v) is 2.82. The summed E-state index contributed by atoms with van der Waals surface area (Å²) >= 11 is 3.65. The number of aryl methyl sites for hydroxylation is 1. The molecule has 0 N–H and O–H groups in total. The predicted octanol–water partition coefficient (Wildman–Crippen LogP) is 3.51. The van der Waals surface area contributed by atoms with Crippen LogP contribution >= 0.6 is 15.9 Å². The molecule has 0 saturated carbocycles. The molecule has 0 unspecified atom stereocenters. The van der Waals surface area contributed by atoms with Crippen molar-refractivity contribution in [2.75, 3.05) is 7.11 Å². The zero-order chi connectivity index (χ0) is 11.0. The van der Waals surface area contributed by atoms with E-state index in [1.165, 1.54) is 21.1 Å². The molecule has 0 radical (unpaired) electrons. The van der Waals surface area contributed by atoms with Gasteiger partial charge in [-0.15, -0.1) is 0 Å². The van der Waals surface area contributed by atoms with Gasteiger partial charge >= 0.3 is 0 Å². The van der Waals surface area contributed by atoms with Gasteiger partial charge in [0, 0.05) is 28.7 Å². The second-order valence-electron chi connectivity index (χ2n) is 3.56. The number of nitrogens with zero attached hydrogens (tertiary/aromatic N) is 1. The molecule has 0 aliphatic rings. The molecule has 0 aliphatic heterocycles. The maximum Gasteiger partial charge on any atom is 0.120 e. The minimum atomic E-state index is 0.901. The van der Waals surface area contributed by atoms with Crippen molar-refractivity contribution in [2.24, 2.45) is 7.05 Å². The molecule has 0 fully saturated rings. The van der Waals surface area contributed by atoms with E-state index in [0.29, 0.717) is 0 Å². The highest BCUT2D eigenvalue weighted by molar-refractivity contribution is 9.10. The summed E-state index contributed by atoms with van der Waals surface area (Å²) in [6, 6.07) is 6.16. The van der Waals surface area contributed by atoms with Crippen molar-refractivity contribution in [1.29, 1.82) is 0 Å². The van der Waals surface area contributed by atoms with E-state index < -0.39 is 0 Å². The molecular weight excluding hydrogens is 254 g/mol. The smallest absolute Gasteiger partial charge is 0.120 e. The molecule has 3 heteroatoms. The first-order chi connectivity index (χ1) is 7.19. The molecule has 0 spiro atoms. The second-order valence-corrected chi connectivity index (χ2v) is 4.35. The Morgan fingerprint density at radius 1 is 1.40 bits per heavy atom. The standard InChI is InChI=1S/C12H14BrNO/c1-4-10-12(13)9-6-5-8(15-3)7-11(9)14(10)2/h5-7H,4H2,1-3H3. The van der Waals surface area contributed by atoms with Crippen molar-refractivity contribution < 1.29 is 4.74 Å². The Labute approximate surface area is 98.0 Å². The minimum Gasteiger partial charge on any atom is -0.497 e. The lowest BCUT2D eigenvalue weighted by atomic mass is 10.2. The van der Waals surface area contributed by atoms with Crippen LogP contribution in [0.1, 0.15) is 12.6 Å². The largest absolute Gasteiger partial charge is 0.497 e. The van der Waals surface area contributed by atoms with Crippen LogP contribution in [0.4, 0.5) is 0 Å². The van der Waals surface area contributed by atoms with Gasteiger partial charge in [0.2, 0.25) is 0 Å². The molecule has 0 amide bonds. The summed E-state index contributed by atoms with van der Waals surface area (Å²) in [5.41, 5.74) is 2.52. The van der Waals surface area contributed by atoms with Gasteiger partial charge in [0.05, 0.1) is 12.6 Å². The molecule has 0 atom stereocenters. The molecule has 0 bridgehead atoms. The maximum atomic E-state index is 5.23. The van der Waals surface area contributed by atoms with Crippen molar-refractivity contribution in [3.05, 3.63) is 28.4 Å². The number of aromatic nitrogens is 1. The summed E-state index contributed by atoms with van der Waals surface area (Å²) in [4.78, 5) is 0. The van der Waals surface area contributed by atoms with E-state index in [4.69, 9.17) is 4.74 Å². The topological polar surface area (TPSA) is 14.2 Å². The van der Waals surface area contributed by atoms with E-state index in [9.17, 15) is 0 Å². The lowest BCUT2D eigenvalue weighted by Gasteiger charge is -2.02. The van der Waals surface area contributed by atoms with E-state index in [1.807, 2.05) is 6.07 Å².